The van der Waals surface area contributed by atoms with E-state index >= 15 is 0 Å². The van der Waals surface area contributed by atoms with Gasteiger partial charge in [-0.1, -0.05) is 13.8 Å². The molecule has 2 atom stereocenters. The summed E-state index contributed by atoms with van der Waals surface area (Å²) in [5.74, 6) is 1.48. The van der Waals surface area contributed by atoms with Gasteiger partial charge in [0, 0.05) is 17.1 Å². The summed E-state index contributed by atoms with van der Waals surface area (Å²) < 4.78 is 1.37. The summed E-state index contributed by atoms with van der Waals surface area (Å²) in [7, 11) is 0. The first-order valence-corrected chi connectivity index (χ1v) is 9.46. The molecule has 21 heavy (non-hydrogen) atoms. The molecule has 1 aromatic rings. The molecule has 3 nitrogen and oxygen atoms in total. The van der Waals surface area contributed by atoms with Crippen LogP contribution in [0, 0.1) is 11.8 Å². The Morgan fingerprint density at radius 3 is 2.95 bits per heavy atom. The van der Waals surface area contributed by atoms with Crippen LogP contribution < -0.4 is 10.6 Å². The van der Waals surface area contributed by atoms with Crippen LogP contribution >= 0.6 is 23.1 Å². The molecule has 1 fully saturated rings. The van der Waals surface area contributed by atoms with Crippen LogP contribution in [-0.2, 0) is 11.3 Å². The molecular formula is C16H26N2OS2. The summed E-state index contributed by atoms with van der Waals surface area (Å²) in [6.45, 7) is 9.20. The van der Waals surface area contributed by atoms with Gasteiger partial charge in [0.05, 0.1) is 10.8 Å². The Hall–Kier alpha value is -0.520. The Bertz CT molecular complexity index is 453. The molecule has 1 aromatic heterocycles. The monoisotopic (exact) mass is 326 g/mol. The Morgan fingerprint density at radius 1 is 1.52 bits per heavy atom. The van der Waals surface area contributed by atoms with Crippen LogP contribution in [0.15, 0.2) is 16.3 Å². The van der Waals surface area contributed by atoms with E-state index < -0.39 is 0 Å². The van der Waals surface area contributed by atoms with Gasteiger partial charge in [0.25, 0.3) is 0 Å². The smallest absolute Gasteiger partial charge is 0.217 e. The lowest BCUT2D eigenvalue weighted by Gasteiger charge is -2.32. The first kappa shape index (κ1) is 16.8. The molecule has 2 rings (SSSR count). The third kappa shape index (κ3) is 5.31. The average Bonchev–Trinajstić information content (AvgIpc) is 2.91. The molecule has 1 aliphatic heterocycles. The standard InChI is InChI=1S/C16H26N2OS2/c1-11(2)16(13-5-4-8-17-9-13)21-15-7-6-14(20-15)10-18-12(3)19/h6-7,11,13,16-17H,4-5,8-10H2,1-3H3,(H,18,19). The van der Waals surface area contributed by atoms with Crippen molar-refractivity contribution in [3.05, 3.63) is 17.0 Å². The van der Waals surface area contributed by atoms with E-state index in [9.17, 15) is 4.79 Å². The van der Waals surface area contributed by atoms with Gasteiger partial charge >= 0.3 is 0 Å². The fourth-order valence-corrected chi connectivity index (χ4v) is 5.43. The summed E-state index contributed by atoms with van der Waals surface area (Å²) in [6.07, 6.45) is 2.64. The molecule has 0 saturated carbocycles. The van der Waals surface area contributed by atoms with Crippen molar-refractivity contribution in [3.8, 4) is 0 Å². The second-order valence-electron chi connectivity index (χ2n) is 6.06. The lowest BCUT2D eigenvalue weighted by atomic mass is 9.90. The highest BCUT2D eigenvalue weighted by Crippen LogP contribution is 2.38. The van der Waals surface area contributed by atoms with Gasteiger partial charge in [-0.05, 0) is 49.9 Å². The van der Waals surface area contributed by atoms with E-state index in [-0.39, 0.29) is 5.91 Å². The molecule has 1 saturated heterocycles. The molecular weight excluding hydrogens is 300 g/mol. The minimum absolute atomic E-state index is 0.0333. The van der Waals surface area contributed by atoms with E-state index in [2.05, 4.69) is 36.6 Å². The summed E-state index contributed by atoms with van der Waals surface area (Å²) in [5.41, 5.74) is 0. The lowest BCUT2D eigenvalue weighted by Crippen LogP contribution is -2.37. The summed E-state index contributed by atoms with van der Waals surface area (Å²) in [6, 6.07) is 4.34. The molecule has 2 unspecified atom stereocenters. The van der Waals surface area contributed by atoms with Gasteiger partial charge in [-0.3, -0.25) is 4.79 Å². The maximum atomic E-state index is 11.0. The summed E-state index contributed by atoms with van der Waals surface area (Å²) in [4.78, 5) is 12.2. The van der Waals surface area contributed by atoms with Crippen LogP contribution in [0.3, 0.4) is 0 Å². The van der Waals surface area contributed by atoms with Crippen molar-refractivity contribution < 1.29 is 4.79 Å². The Morgan fingerprint density at radius 2 is 2.33 bits per heavy atom. The minimum Gasteiger partial charge on any atom is -0.351 e. The zero-order valence-electron chi connectivity index (χ0n) is 13.1. The predicted octanol–water partition coefficient (Wildman–Crippen LogP) is 3.50. The van der Waals surface area contributed by atoms with Crippen LogP contribution in [-0.4, -0.2) is 24.2 Å². The van der Waals surface area contributed by atoms with Gasteiger partial charge < -0.3 is 10.6 Å². The molecule has 2 N–H and O–H groups in total. The summed E-state index contributed by atoms with van der Waals surface area (Å²) in [5, 5.41) is 7.07. The quantitative estimate of drug-likeness (QED) is 0.786. The van der Waals surface area contributed by atoms with Crippen molar-refractivity contribution >= 4 is 29.0 Å². The zero-order chi connectivity index (χ0) is 15.2. The number of piperidine rings is 1. The van der Waals surface area contributed by atoms with Crippen LogP contribution in [0.25, 0.3) is 0 Å². The fourth-order valence-electron chi connectivity index (χ4n) is 2.80. The number of carbonyl (C=O) groups is 1. The molecule has 118 valence electrons. The largest absolute Gasteiger partial charge is 0.351 e. The van der Waals surface area contributed by atoms with Crippen LogP contribution in [0.4, 0.5) is 0 Å². The van der Waals surface area contributed by atoms with Gasteiger partial charge in [-0.15, -0.1) is 23.1 Å². The summed E-state index contributed by atoms with van der Waals surface area (Å²) >= 11 is 3.84. The Balaban J connectivity index is 1.95. The Labute approximate surface area is 136 Å². The number of rotatable bonds is 6. The van der Waals surface area contributed by atoms with Gasteiger partial charge in [-0.25, -0.2) is 0 Å². The van der Waals surface area contributed by atoms with Crippen molar-refractivity contribution in [1.29, 1.82) is 0 Å². The molecule has 2 heterocycles. The number of thioether (sulfide) groups is 1. The number of amides is 1. The van der Waals surface area contributed by atoms with Crippen LogP contribution in [0.5, 0.6) is 0 Å². The molecule has 0 aromatic carbocycles. The van der Waals surface area contributed by atoms with Crippen LogP contribution in [0.2, 0.25) is 0 Å². The van der Waals surface area contributed by atoms with Crippen LogP contribution in [0.1, 0.15) is 38.5 Å². The Kier molecular flexibility index (Phi) is 6.58. The number of hydrogen-bond acceptors (Lipinski definition) is 4. The van der Waals surface area contributed by atoms with Crippen molar-refractivity contribution in [3.63, 3.8) is 0 Å². The first-order valence-electron chi connectivity index (χ1n) is 7.76. The van der Waals surface area contributed by atoms with E-state index in [0.29, 0.717) is 17.7 Å². The number of thiophene rings is 1. The van der Waals surface area contributed by atoms with Gasteiger partial charge in [0.1, 0.15) is 0 Å². The fraction of sp³-hybridized carbons (Fsp3) is 0.688. The van der Waals surface area contributed by atoms with Crippen molar-refractivity contribution in [2.24, 2.45) is 11.8 Å². The molecule has 0 aliphatic carbocycles. The highest BCUT2D eigenvalue weighted by atomic mass is 32.2. The van der Waals surface area contributed by atoms with E-state index in [1.807, 2.05) is 23.1 Å². The number of carbonyl (C=O) groups excluding carboxylic acids is 1. The van der Waals surface area contributed by atoms with Crippen molar-refractivity contribution in [1.82, 2.24) is 10.6 Å². The molecule has 5 heteroatoms. The molecule has 1 aliphatic rings. The second kappa shape index (κ2) is 8.20. The third-order valence-corrected chi connectivity index (χ3v) is 6.85. The number of hydrogen-bond donors (Lipinski definition) is 2. The number of nitrogens with one attached hydrogen (secondary N) is 2. The molecule has 0 spiro atoms. The van der Waals surface area contributed by atoms with E-state index in [1.165, 1.54) is 28.5 Å². The maximum Gasteiger partial charge on any atom is 0.217 e. The zero-order valence-corrected chi connectivity index (χ0v) is 14.8. The maximum absolute atomic E-state index is 11.0. The first-order chi connectivity index (χ1) is 10.1. The molecule has 0 radical (unpaired) electrons. The highest BCUT2D eigenvalue weighted by molar-refractivity contribution is 8.01. The third-order valence-electron chi connectivity index (χ3n) is 3.86. The second-order valence-corrected chi connectivity index (χ2v) is 8.71. The normalized spacial score (nSPS) is 20.5. The minimum atomic E-state index is 0.0333. The van der Waals surface area contributed by atoms with Gasteiger partial charge in [0.15, 0.2) is 0 Å². The van der Waals surface area contributed by atoms with Crippen molar-refractivity contribution in [2.45, 2.75) is 49.6 Å². The average molecular weight is 327 g/mol. The van der Waals surface area contributed by atoms with E-state index in [1.54, 1.807) is 6.92 Å². The van der Waals surface area contributed by atoms with E-state index in [4.69, 9.17) is 0 Å². The van der Waals surface area contributed by atoms with Gasteiger partial charge in [0.2, 0.25) is 5.91 Å². The molecule has 1 amide bonds. The van der Waals surface area contributed by atoms with Gasteiger partial charge in [-0.2, -0.15) is 0 Å². The lowest BCUT2D eigenvalue weighted by molar-refractivity contribution is -0.119. The SMILES string of the molecule is CC(=O)NCc1ccc(SC(C(C)C)C2CCCNC2)s1. The molecule has 0 bridgehead atoms. The van der Waals surface area contributed by atoms with E-state index in [0.717, 1.165) is 12.5 Å². The predicted molar refractivity (Wildman–Crippen MR) is 91.9 cm³/mol. The topological polar surface area (TPSA) is 41.1 Å². The van der Waals surface area contributed by atoms with Crippen molar-refractivity contribution in [2.75, 3.05) is 13.1 Å². The highest BCUT2D eigenvalue weighted by Gasteiger charge is 2.27.